The Kier molecular flexibility index (Phi) is 4.38. The van der Waals surface area contributed by atoms with Crippen LogP contribution in [-0.4, -0.2) is 25.6 Å². The summed E-state index contributed by atoms with van der Waals surface area (Å²) in [6.07, 6.45) is 3.76. The predicted octanol–water partition coefficient (Wildman–Crippen LogP) is 3.81. The molecule has 6 heteroatoms. The predicted molar refractivity (Wildman–Crippen MR) is 100 cm³/mol. The lowest BCUT2D eigenvalue weighted by Crippen LogP contribution is -1.99. The minimum Gasteiger partial charge on any atom is -0.487 e. The molecule has 4 aromatic rings. The summed E-state index contributed by atoms with van der Waals surface area (Å²) in [5, 5.41) is 14.8. The van der Waals surface area contributed by atoms with Gasteiger partial charge in [-0.15, -0.1) is 5.10 Å². The monoisotopic (exact) mass is 343 g/mol. The molecular formula is C20H17N5O. The van der Waals surface area contributed by atoms with Gasteiger partial charge in [0.05, 0.1) is 11.2 Å². The van der Waals surface area contributed by atoms with Crippen molar-refractivity contribution in [1.82, 2.24) is 25.6 Å². The van der Waals surface area contributed by atoms with Crippen LogP contribution in [0.15, 0.2) is 54.6 Å². The van der Waals surface area contributed by atoms with Crippen molar-refractivity contribution in [3.63, 3.8) is 0 Å². The third-order valence-corrected chi connectivity index (χ3v) is 3.91. The molecule has 2 aromatic heterocycles. The summed E-state index contributed by atoms with van der Waals surface area (Å²) in [4.78, 5) is 4.64. The quantitative estimate of drug-likeness (QED) is 0.596. The van der Waals surface area contributed by atoms with E-state index in [1.54, 1.807) is 0 Å². The number of tetrazole rings is 1. The van der Waals surface area contributed by atoms with Gasteiger partial charge in [0, 0.05) is 5.39 Å². The van der Waals surface area contributed by atoms with Crippen LogP contribution in [0.4, 0.5) is 0 Å². The molecule has 0 aliphatic carbocycles. The van der Waals surface area contributed by atoms with E-state index in [1.165, 1.54) is 0 Å². The number of hydrogen-bond donors (Lipinski definition) is 1. The van der Waals surface area contributed by atoms with Gasteiger partial charge in [-0.2, -0.15) is 0 Å². The number of ether oxygens (including phenoxy) is 1. The molecule has 128 valence electrons. The number of H-pyrrole nitrogens is 1. The smallest absolute Gasteiger partial charge is 0.172 e. The number of fused-ring (bicyclic) bond motifs is 1. The molecule has 26 heavy (non-hydrogen) atoms. The van der Waals surface area contributed by atoms with Crippen LogP contribution < -0.4 is 4.74 Å². The molecule has 0 saturated carbocycles. The van der Waals surface area contributed by atoms with Gasteiger partial charge in [-0.3, -0.25) is 0 Å². The number of aryl methyl sites for hydroxylation is 1. The van der Waals surface area contributed by atoms with E-state index < -0.39 is 0 Å². The maximum absolute atomic E-state index is 5.95. The first-order chi connectivity index (χ1) is 12.8. The third kappa shape index (κ3) is 3.75. The Morgan fingerprint density at radius 2 is 1.96 bits per heavy atom. The highest BCUT2D eigenvalue weighted by atomic mass is 16.5. The second-order valence-corrected chi connectivity index (χ2v) is 5.98. The molecule has 1 N–H and O–H groups in total. The lowest BCUT2D eigenvalue weighted by Gasteiger charge is -2.09. The second-order valence-electron chi connectivity index (χ2n) is 5.98. The summed E-state index contributed by atoms with van der Waals surface area (Å²) in [6.45, 7) is 2.46. The average Bonchev–Trinajstić information content (AvgIpc) is 3.18. The van der Waals surface area contributed by atoms with E-state index in [9.17, 15) is 0 Å². The highest BCUT2D eigenvalue weighted by Crippen LogP contribution is 2.20. The van der Waals surface area contributed by atoms with Crippen molar-refractivity contribution in [2.24, 2.45) is 0 Å². The Morgan fingerprint density at radius 3 is 2.85 bits per heavy atom. The number of nitrogens with zero attached hydrogens (tertiary/aromatic N) is 4. The standard InChI is InChI=1S/C20H17N5O/c1-14-10-15(6-9-20-22-24-25-23-20)12-18(11-14)26-13-17-8-7-16-4-2-3-5-19(16)21-17/h2-12H,13H2,1H3,(H,22,23,24,25)/b9-6+. The first kappa shape index (κ1) is 16.0. The molecule has 4 rings (SSSR count). The van der Waals surface area contributed by atoms with Crippen molar-refractivity contribution in [2.45, 2.75) is 13.5 Å². The van der Waals surface area contributed by atoms with Crippen molar-refractivity contribution in [3.8, 4) is 5.75 Å². The topological polar surface area (TPSA) is 76.6 Å². The minimum atomic E-state index is 0.420. The summed E-state index contributed by atoms with van der Waals surface area (Å²) in [7, 11) is 0. The zero-order valence-electron chi connectivity index (χ0n) is 14.3. The van der Waals surface area contributed by atoms with E-state index in [-0.39, 0.29) is 0 Å². The maximum atomic E-state index is 5.95. The summed E-state index contributed by atoms with van der Waals surface area (Å²) in [5.41, 5.74) is 4.00. The van der Waals surface area contributed by atoms with Crippen LogP contribution >= 0.6 is 0 Å². The molecular weight excluding hydrogens is 326 g/mol. The number of hydrogen-bond acceptors (Lipinski definition) is 5. The zero-order valence-corrected chi connectivity index (χ0v) is 14.3. The summed E-state index contributed by atoms with van der Waals surface area (Å²) in [6, 6.07) is 18.2. The van der Waals surface area contributed by atoms with Gasteiger partial charge in [-0.05, 0) is 58.8 Å². The summed E-state index contributed by atoms with van der Waals surface area (Å²) >= 11 is 0. The summed E-state index contributed by atoms with van der Waals surface area (Å²) < 4.78 is 5.95. The van der Waals surface area contributed by atoms with Crippen molar-refractivity contribution in [1.29, 1.82) is 0 Å². The molecule has 0 unspecified atom stereocenters. The van der Waals surface area contributed by atoms with Crippen LogP contribution in [-0.2, 0) is 6.61 Å². The van der Waals surface area contributed by atoms with Crippen LogP contribution in [0.2, 0.25) is 0 Å². The molecule has 0 radical (unpaired) electrons. The molecule has 0 aliphatic heterocycles. The Labute approximate surface area is 150 Å². The Bertz CT molecular complexity index is 1060. The van der Waals surface area contributed by atoms with Gasteiger partial charge in [0.25, 0.3) is 0 Å². The van der Waals surface area contributed by atoms with E-state index in [1.807, 2.05) is 55.5 Å². The SMILES string of the molecule is Cc1cc(/C=C/c2nnn[nH]2)cc(OCc2ccc3ccccc3n2)c1. The highest BCUT2D eigenvalue weighted by molar-refractivity contribution is 5.78. The largest absolute Gasteiger partial charge is 0.487 e. The van der Waals surface area contributed by atoms with Crippen LogP contribution in [0, 0.1) is 6.92 Å². The van der Waals surface area contributed by atoms with Crippen LogP contribution in [0.3, 0.4) is 0 Å². The fraction of sp³-hybridized carbons (Fsp3) is 0.100. The van der Waals surface area contributed by atoms with Crippen LogP contribution in [0.25, 0.3) is 23.1 Å². The molecule has 0 bridgehead atoms. The van der Waals surface area contributed by atoms with Gasteiger partial charge in [-0.1, -0.05) is 36.4 Å². The Hall–Kier alpha value is -3.54. The van der Waals surface area contributed by atoms with Crippen molar-refractivity contribution < 1.29 is 4.74 Å². The van der Waals surface area contributed by atoms with E-state index in [2.05, 4.69) is 43.8 Å². The fourth-order valence-corrected chi connectivity index (χ4v) is 2.71. The van der Waals surface area contributed by atoms with Gasteiger partial charge in [-0.25, -0.2) is 10.1 Å². The highest BCUT2D eigenvalue weighted by Gasteiger charge is 2.02. The Morgan fingerprint density at radius 1 is 1.04 bits per heavy atom. The molecule has 0 spiro atoms. The molecule has 0 amide bonds. The molecule has 0 aliphatic rings. The minimum absolute atomic E-state index is 0.420. The summed E-state index contributed by atoms with van der Waals surface area (Å²) in [5.74, 6) is 1.41. The molecule has 2 aromatic carbocycles. The number of nitrogens with one attached hydrogen (secondary N) is 1. The first-order valence-corrected chi connectivity index (χ1v) is 8.27. The van der Waals surface area contributed by atoms with Gasteiger partial charge in [0.1, 0.15) is 12.4 Å². The number of rotatable bonds is 5. The lowest BCUT2D eigenvalue weighted by molar-refractivity contribution is 0.301. The van der Waals surface area contributed by atoms with Gasteiger partial charge >= 0.3 is 0 Å². The fourth-order valence-electron chi connectivity index (χ4n) is 2.71. The molecule has 0 saturated heterocycles. The molecule has 0 fully saturated rings. The van der Waals surface area contributed by atoms with Gasteiger partial charge in [0.2, 0.25) is 0 Å². The molecule has 0 atom stereocenters. The van der Waals surface area contributed by atoms with Crippen LogP contribution in [0.5, 0.6) is 5.75 Å². The van der Waals surface area contributed by atoms with E-state index >= 15 is 0 Å². The first-order valence-electron chi connectivity index (χ1n) is 8.27. The number of aromatic nitrogens is 5. The third-order valence-electron chi connectivity index (χ3n) is 3.91. The van der Waals surface area contributed by atoms with Gasteiger partial charge in [0.15, 0.2) is 5.82 Å². The van der Waals surface area contributed by atoms with E-state index in [4.69, 9.17) is 4.74 Å². The zero-order chi connectivity index (χ0) is 17.8. The normalized spacial score (nSPS) is 11.3. The van der Waals surface area contributed by atoms with Crippen LogP contribution in [0.1, 0.15) is 22.6 Å². The molecule has 2 heterocycles. The number of aromatic amines is 1. The second kappa shape index (κ2) is 7.14. The van der Waals surface area contributed by atoms with Gasteiger partial charge < -0.3 is 4.74 Å². The van der Waals surface area contributed by atoms with Crippen molar-refractivity contribution in [3.05, 3.63) is 77.2 Å². The van der Waals surface area contributed by atoms with E-state index in [0.717, 1.165) is 33.5 Å². The van der Waals surface area contributed by atoms with Crippen molar-refractivity contribution in [2.75, 3.05) is 0 Å². The number of para-hydroxylation sites is 1. The number of benzene rings is 2. The number of pyridine rings is 1. The molecule has 6 nitrogen and oxygen atoms in total. The lowest BCUT2D eigenvalue weighted by atomic mass is 10.1. The average molecular weight is 343 g/mol. The van der Waals surface area contributed by atoms with E-state index in [0.29, 0.717) is 12.4 Å². The van der Waals surface area contributed by atoms with Crippen molar-refractivity contribution >= 4 is 23.1 Å². The maximum Gasteiger partial charge on any atom is 0.172 e. The Balaban J connectivity index is 1.50.